The summed E-state index contributed by atoms with van der Waals surface area (Å²) < 4.78 is 1.34. The maximum Gasteiger partial charge on any atom is 0.280 e. The van der Waals surface area contributed by atoms with Crippen LogP contribution in [0.5, 0.6) is 0 Å². The number of likely N-dealkylation sites (N-methyl/N-ethyl adjacent to an activating group) is 1. The molecule has 0 spiro atoms. The molecule has 4 rings (SSSR count). The van der Waals surface area contributed by atoms with Crippen LogP contribution in [-0.4, -0.2) is 63.7 Å². The van der Waals surface area contributed by atoms with Gasteiger partial charge in [-0.3, -0.25) is 14.7 Å². The zero-order chi connectivity index (χ0) is 21.4. The first-order chi connectivity index (χ1) is 14.4. The average Bonchev–Trinajstić information content (AvgIpc) is 3.07. The van der Waals surface area contributed by atoms with E-state index in [0.717, 1.165) is 11.1 Å². The lowest BCUT2D eigenvalue weighted by molar-refractivity contribution is 0.0399. The Bertz CT molecular complexity index is 1190. The van der Waals surface area contributed by atoms with Crippen molar-refractivity contribution in [3.8, 4) is 23.0 Å². The van der Waals surface area contributed by atoms with Gasteiger partial charge in [-0.25, -0.2) is 9.67 Å². The van der Waals surface area contributed by atoms with E-state index in [9.17, 15) is 9.59 Å². The second-order valence-electron chi connectivity index (χ2n) is 7.70. The van der Waals surface area contributed by atoms with E-state index in [1.807, 2.05) is 21.0 Å². The third-order valence-corrected chi connectivity index (χ3v) is 5.52. The lowest BCUT2D eigenvalue weighted by atomic mass is 10.0. The number of nitrogens with one attached hydrogen (secondary N) is 1. The van der Waals surface area contributed by atoms with Gasteiger partial charge in [0.05, 0.1) is 22.8 Å². The highest BCUT2D eigenvalue weighted by Gasteiger charge is 2.32. The Hall–Kier alpha value is -3.70. The van der Waals surface area contributed by atoms with Crippen LogP contribution in [-0.2, 0) is 0 Å². The molecule has 152 valence electrons. The van der Waals surface area contributed by atoms with Gasteiger partial charge in [0.25, 0.3) is 11.5 Å². The van der Waals surface area contributed by atoms with E-state index in [1.165, 1.54) is 10.9 Å². The van der Waals surface area contributed by atoms with Gasteiger partial charge in [-0.2, -0.15) is 5.26 Å². The van der Waals surface area contributed by atoms with Crippen LogP contribution in [0.15, 0.2) is 47.5 Å². The van der Waals surface area contributed by atoms with Crippen molar-refractivity contribution < 1.29 is 4.79 Å². The van der Waals surface area contributed by atoms with Gasteiger partial charge < -0.3 is 9.80 Å². The van der Waals surface area contributed by atoms with Crippen molar-refractivity contribution in [1.82, 2.24) is 24.6 Å². The smallest absolute Gasteiger partial charge is 0.280 e. The molecule has 8 nitrogen and oxygen atoms in total. The molecule has 0 bridgehead atoms. The standard InChI is InChI=1S/C22H22N6O2/c1-14-8-15(9-23)4-6-18(14)19-11-25-28(22(19)30)20-7-5-16(10-24-20)21(29)27-12-17(13-27)26(2)3/h4-8,10-11,17,25H,12-13H2,1-3H3. The lowest BCUT2D eigenvalue weighted by Gasteiger charge is -2.42. The van der Waals surface area contributed by atoms with E-state index in [1.54, 1.807) is 41.4 Å². The maximum atomic E-state index is 12.9. The van der Waals surface area contributed by atoms with Gasteiger partial charge in [-0.15, -0.1) is 0 Å². The first-order valence-corrected chi connectivity index (χ1v) is 9.62. The molecule has 0 aliphatic carbocycles. The zero-order valence-electron chi connectivity index (χ0n) is 17.1. The highest BCUT2D eigenvalue weighted by atomic mass is 16.2. The number of carbonyl (C=O) groups excluding carboxylic acids is 1. The van der Waals surface area contributed by atoms with Gasteiger partial charge in [0.1, 0.15) is 0 Å². The number of aromatic amines is 1. The minimum atomic E-state index is -0.244. The van der Waals surface area contributed by atoms with Gasteiger partial charge in [-0.05, 0) is 56.4 Å². The van der Waals surface area contributed by atoms with Gasteiger partial charge in [0.15, 0.2) is 5.82 Å². The van der Waals surface area contributed by atoms with Crippen LogP contribution < -0.4 is 5.56 Å². The summed E-state index contributed by atoms with van der Waals surface area (Å²) in [4.78, 5) is 33.7. The molecule has 1 saturated heterocycles. The van der Waals surface area contributed by atoms with Crippen molar-refractivity contribution in [3.05, 3.63) is 69.8 Å². The van der Waals surface area contributed by atoms with Gasteiger partial charge in [-0.1, -0.05) is 6.07 Å². The fourth-order valence-electron chi connectivity index (χ4n) is 3.54. The Morgan fingerprint density at radius 2 is 2.00 bits per heavy atom. The molecule has 3 aromatic rings. The zero-order valence-corrected chi connectivity index (χ0v) is 17.1. The van der Waals surface area contributed by atoms with E-state index in [-0.39, 0.29) is 11.5 Å². The Morgan fingerprint density at radius 3 is 2.60 bits per heavy atom. The van der Waals surface area contributed by atoms with Crippen molar-refractivity contribution in [2.75, 3.05) is 27.2 Å². The molecular formula is C22H22N6O2. The van der Waals surface area contributed by atoms with Crippen molar-refractivity contribution in [2.24, 2.45) is 0 Å². The van der Waals surface area contributed by atoms with Crippen molar-refractivity contribution in [2.45, 2.75) is 13.0 Å². The number of hydrogen-bond donors (Lipinski definition) is 1. The minimum absolute atomic E-state index is 0.0557. The number of pyridine rings is 1. The number of nitriles is 1. The molecule has 0 unspecified atom stereocenters. The van der Waals surface area contributed by atoms with Gasteiger partial charge in [0.2, 0.25) is 0 Å². The highest BCUT2D eigenvalue weighted by Crippen LogP contribution is 2.22. The van der Waals surface area contributed by atoms with E-state index in [4.69, 9.17) is 5.26 Å². The van der Waals surface area contributed by atoms with Crippen molar-refractivity contribution >= 4 is 5.91 Å². The summed E-state index contributed by atoms with van der Waals surface area (Å²) in [7, 11) is 4.01. The number of hydrogen-bond acceptors (Lipinski definition) is 5. The molecule has 0 atom stereocenters. The number of benzene rings is 1. The molecule has 1 amide bonds. The molecule has 1 fully saturated rings. The summed E-state index contributed by atoms with van der Waals surface area (Å²) in [6.07, 6.45) is 3.12. The number of aryl methyl sites for hydroxylation is 1. The second kappa shape index (κ2) is 7.61. The lowest BCUT2D eigenvalue weighted by Crippen LogP contribution is -2.59. The first kappa shape index (κ1) is 19.6. The van der Waals surface area contributed by atoms with Crippen molar-refractivity contribution in [3.63, 3.8) is 0 Å². The topological polar surface area (TPSA) is 98.0 Å². The Kier molecular flexibility index (Phi) is 4.98. The minimum Gasteiger partial charge on any atom is -0.335 e. The third kappa shape index (κ3) is 3.40. The summed E-state index contributed by atoms with van der Waals surface area (Å²) in [5.74, 6) is 0.351. The van der Waals surface area contributed by atoms with E-state index in [0.29, 0.717) is 41.6 Å². The predicted molar refractivity (Wildman–Crippen MR) is 112 cm³/mol. The van der Waals surface area contributed by atoms with Crippen LogP contribution in [0.1, 0.15) is 21.5 Å². The third-order valence-electron chi connectivity index (χ3n) is 5.52. The molecule has 30 heavy (non-hydrogen) atoms. The summed E-state index contributed by atoms with van der Waals surface area (Å²) in [6.45, 7) is 3.27. The average molecular weight is 402 g/mol. The normalized spacial score (nSPS) is 13.9. The summed E-state index contributed by atoms with van der Waals surface area (Å²) in [6, 6.07) is 11.0. The molecule has 1 aliphatic heterocycles. The van der Waals surface area contributed by atoms with Crippen LogP contribution in [0.3, 0.4) is 0 Å². The number of H-pyrrole nitrogens is 1. The van der Waals surface area contributed by atoms with Gasteiger partial charge in [0, 0.05) is 31.5 Å². The fourth-order valence-corrected chi connectivity index (χ4v) is 3.54. The van der Waals surface area contributed by atoms with E-state index in [2.05, 4.69) is 21.1 Å². The SMILES string of the molecule is Cc1cc(C#N)ccc1-c1c[nH]n(-c2ccc(C(=O)N3CC(N(C)C)C3)cn2)c1=O. The second-order valence-corrected chi connectivity index (χ2v) is 7.70. The molecule has 3 heterocycles. The molecule has 1 N–H and O–H groups in total. The Morgan fingerprint density at radius 1 is 1.23 bits per heavy atom. The van der Waals surface area contributed by atoms with Crippen LogP contribution in [0.4, 0.5) is 0 Å². The monoisotopic (exact) mass is 402 g/mol. The van der Waals surface area contributed by atoms with E-state index < -0.39 is 0 Å². The number of aromatic nitrogens is 3. The summed E-state index contributed by atoms with van der Waals surface area (Å²) >= 11 is 0. The summed E-state index contributed by atoms with van der Waals surface area (Å²) in [5.41, 5.74) is 2.90. The number of rotatable bonds is 4. The molecular weight excluding hydrogens is 380 g/mol. The Balaban J connectivity index is 1.55. The maximum absolute atomic E-state index is 12.9. The number of amides is 1. The predicted octanol–water partition coefficient (Wildman–Crippen LogP) is 1.79. The van der Waals surface area contributed by atoms with Crippen LogP contribution in [0.25, 0.3) is 16.9 Å². The first-order valence-electron chi connectivity index (χ1n) is 9.62. The van der Waals surface area contributed by atoms with E-state index >= 15 is 0 Å². The van der Waals surface area contributed by atoms with Crippen LogP contribution in [0.2, 0.25) is 0 Å². The number of nitrogens with zero attached hydrogens (tertiary/aromatic N) is 5. The Labute approximate surface area is 174 Å². The van der Waals surface area contributed by atoms with Crippen LogP contribution >= 0.6 is 0 Å². The molecule has 2 aromatic heterocycles. The summed E-state index contributed by atoms with van der Waals surface area (Å²) in [5, 5.41) is 12.0. The van der Waals surface area contributed by atoms with Crippen molar-refractivity contribution in [1.29, 1.82) is 5.26 Å². The number of likely N-dealkylation sites (tertiary alicyclic amines) is 1. The molecule has 1 aromatic carbocycles. The molecule has 0 saturated carbocycles. The fraction of sp³-hybridized carbons (Fsp3) is 0.273. The number of carbonyl (C=O) groups is 1. The highest BCUT2D eigenvalue weighted by molar-refractivity contribution is 5.94. The largest absolute Gasteiger partial charge is 0.335 e. The molecule has 0 radical (unpaired) electrons. The molecule has 1 aliphatic rings. The van der Waals surface area contributed by atoms with Gasteiger partial charge >= 0.3 is 0 Å². The van der Waals surface area contributed by atoms with Crippen LogP contribution in [0, 0.1) is 18.3 Å². The quantitative estimate of drug-likeness (QED) is 0.718. The molecule has 8 heteroatoms.